The monoisotopic (exact) mass is 189 g/mol. The molecule has 0 aromatic carbocycles. The molecule has 1 rings (SSSR count). The maximum absolute atomic E-state index is 11.3. The van der Waals surface area contributed by atoms with Crippen LogP contribution in [0.2, 0.25) is 0 Å². The van der Waals surface area contributed by atoms with Crippen LogP contribution in [0.4, 0.5) is 4.79 Å². The van der Waals surface area contributed by atoms with E-state index >= 15 is 0 Å². The van der Waals surface area contributed by atoms with Crippen molar-refractivity contribution in [1.82, 2.24) is 4.57 Å². The molecule has 1 heterocycles. The van der Waals surface area contributed by atoms with E-state index in [1.54, 1.807) is 0 Å². The molecule has 0 bridgehead atoms. The van der Waals surface area contributed by atoms with Gasteiger partial charge in [-0.2, -0.15) is 0 Å². The first-order valence-electron chi connectivity index (χ1n) is 3.52. The minimum Gasteiger partial charge on any atom is -0.311 e. The molecule has 0 N–H and O–H groups in total. The van der Waals surface area contributed by atoms with Crippen LogP contribution in [0.3, 0.4) is 0 Å². The largest absolute Gasteiger partial charge is 0.311 e. The molecule has 1 fully saturated rings. The molecule has 1 aliphatic rings. The summed E-state index contributed by atoms with van der Waals surface area (Å²) in [4.78, 5) is 22.3. The van der Waals surface area contributed by atoms with E-state index in [0.717, 1.165) is 11.8 Å². The molecule has 0 spiro atoms. The first-order chi connectivity index (χ1) is 5.04. The molecule has 0 aromatic rings. The number of hydrogen-bond acceptors (Lipinski definition) is 3. The fraction of sp³-hybridized carbons (Fsp3) is 0.667. The molecule has 1 saturated heterocycles. The van der Waals surface area contributed by atoms with Gasteiger partial charge in [-0.15, -0.1) is 0 Å². The average molecular weight is 189 g/mol. The second kappa shape index (κ2) is 2.98. The molecule has 1 unspecified atom stereocenters. The van der Waals surface area contributed by atoms with Crippen molar-refractivity contribution in [1.29, 1.82) is 0 Å². The Hall–Kier alpha value is -0.293. The minimum atomic E-state index is -0.125. The Labute approximate surface area is 73.0 Å². The van der Waals surface area contributed by atoms with Crippen LogP contribution >= 0.6 is 11.8 Å². The quantitative estimate of drug-likeness (QED) is 0.544. The zero-order valence-corrected chi connectivity index (χ0v) is 9.64. The predicted molar refractivity (Wildman–Crippen MR) is 48.4 cm³/mol. The van der Waals surface area contributed by atoms with Gasteiger partial charge in [0.05, 0.1) is 5.25 Å². The molecule has 5 heteroatoms. The summed E-state index contributed by atoms with van der Waals surface area (Å²) < 4.78 is 1.33. The highest BCUT2D eigenvalue weighted by atomic mass is 32.2. The van der Waals surface area contributed by atoms with Gasteiger partial charge in [-0.05, 0) is 5.92 Å². The molecule has 0 saturated carbocycles. The smallest absolute Gasteiger partial charge is 0.280 e. The van der Waals surface area contributed by atoms with Crippen LogP contribution in [0.25, 0.3) is 0 Å². The fourth-order valence-corrected chi connectivity index (χ4v) is 2.72. The van der Waals surface area contributed by atoms with Gasteiger partial charge in [-0.3, -0.25) is 9.59 Å². The number of rotatable bonds is 1. The van der Waals surface area contributed by atoms with Crippen LogP contribution in [-0.2, 0) is 4.79 Å². The van der Waals surface area contributed by atoms with Crippen molar-refractivity contribution in [2.75, 3.05) is 0 Å². The van der Waals surface area contributed by atoms with E-state index in [1.165, 1.54) is 4.57 Å². The van der Waals surface area contributed by atoms with Gasteiger partial charge in [-0.1, -0.05) is 25.6 Å². The molecule has 11 heavy (non-hydrogen) atoms. The SMILES string of the molecule is CC(C)C1SC(=O)N([SiH3])C1=O. The van der Waals surface area contributed by atoms with E-state index in [2.05, 4.69) is 0 Å². The summed E-state index contributed by atoms with van der Waals surface area (Å²) in [5.41, 5.74) is 0. The number of carbonyl (C=O) groups is 2. The Morgan fingerprint density at radius 2 is 2.09 bits per heavy atom. The summed E-state index contributed by atoms with van der Waals surface area (Å²) >= 11 is 1.16. The lowest BCUT2D eigenvalue weighted by molar-refractivity contribution is -0.123. The first kappa shape index (κ1) is 8.80. The van der Waals surface area contributed by atoms with E-state index in [4.69, 9.17) is 0 Å². The second-order valence-corrected chi connectivity index (χ2v) is 4.93. The lowest BCUT2D eigenvalue weighted by Gasteiger charge is -2.09. The number of amides is 2. The summed E-state index contributed by atoms with van der Waals surface area (Å²) in [7, 11) is 0.518. The van der Waals surface area contributed by atoms with Gasteiger partial charge >= 0.3 is 0 Å². The highest BCUT2D eigenvalue weighted by Gasteiger charge is 2.38. The lowest BCUT2D eigenvalue weighted by atomic mass is 10.1. The minimum absolute atomic E-state index is 0.00154. The van der Waals surface area contributed by atoms with Crippen molar-refractivity contribution in [2.45, 2.75) is 19.1 Å². The van der Waals surface area contributed by atoms with Crippen LogP contribution in [0.1, 0.15) is 13.8 Å². The van der Waals surface area contributed by atoms with Crippen LogP contribution < -0.4 is 0 Å². The lowest BCUT2D eigenvalue weighted by Crippen LogP contribution is -2.30. The molecule has 62 valence electrons. The summed E-state index contributed by atoms with van der Waals surface area (Å²) in [6.45, 7) is 3.92. The molecular formula is C6H11NO2SSi. The highest BCUT2D eigenvalue weighted by Crippen LogP contribution is 2.30. The first-order valence-corrected chi connectivity index (χ1v) is 5.29. The summed E-state index contributed by atoms with van der Waals surface area (Å²) in [5, 5.41) is -0.194. The zero-order chi connectivity index (χ0) is 8.59. The Bertz CT molecular complexity index is 207. The third-order valence-electron chi connectivity index (χ3n) is 1.68. The van der Waals surface area contributed by atoms with Crippen molar-refractivity contribution < 1.29 is 9.59 Å². The van der Waals surface area contributed by atoms with E-state index in [1.807, 2.05) is 13.8 Å². The van der Waals surface area contributed by atoms with Gasteiger partial charge in [0.15, 0.2) is 0 Å². The summed E-state index contributed by atoms with van der Waals surface area (Å²) in [6, 6.07) is 0. The predicted octanol–water partition coefficient (Wildman–Crippen LogP) is -0.0132. The van der Waals surface area contributed by atoms with Gasteiger partial charge in [-0.25, -0.2) is 0 Å². The number of imide groups is 1. The summed E-state index contributed by atoms with van der Waals surface area (Å²) in [6.07, 6.45) is 0. The topological polar surface area (TPSA) is 37.4 Å². The molecule has 1 atom stereocenters. The number of hydrogen-bond donors (Lipinski definition) is 0. The molecule has 2 amide bonds. The number of carbonyl (C=O) groups excluding carboxylic acids is 2. The van der Waals surface area contributed by atoms with E-state index in [0.29, 0.717) is 10.4 Å². The molecule has 0 aliphatic carbocycles. The Morgan fingerprint density at radius 1 is 1.55 bits per heavy atom. The second-order valence-electron chi connectivity index (χ2n) is 2.95. The highest BCUT2D eigenvalue weighted by molar-refractivity contribution is 8.15. The third kappa shape index (κ3) is 1.48. The van der Waals surface area contributed by atoms with Crippen LogP contribution in [-0.4, -0.2) is 31.4 Å². The van der Waals surface area contributed by atoms with Gasteiger partial charge in [0.25, 0.3) is 5.24 Å². The maximum Gasteiger partial charge on any atom is 0.280 e. The normalized spacial score (nSPS) is 25.7. The summed E-state index contributed by atoms with van der Waals surface area (Å²) in [5.74, 6) is 0.261. The van der Waals surface area contributed by atoms with Crippen LogP contribution in [0.5, 0.6) is 0 Å². The van der Waals surface area contributed by atoms with Crippen molar-refractivity contribution in [3.05, 3.63) is 0 Å². The number of thioether (sulfide) groups is 1. The molecule has 1 aliphatic heterocycles. The van der Waals surface area contributed by atoms with Gasteiger partial charge in [0.1, 0.15) is 10.4 Å². The van der Waals surface area contributed by atoms with E-state index in [-0.39, 0.29) is 22.3 Å². The molecule has 3 nitrogen and oxygen atoms in total. The molecular weight excluding hydrogens is 178 g/mol. The molecule has 0 radical (unpaired) electrons. The van der Waals surface area contributed by atoms with Gasteiger partial charge < -0.3 is 4.57 Å². The molecule has 0 aromatic heterocycles. The third-order valence-corrected chi connectivity index (χ3v) is 4.33. The van der Waals surface area contributed by atoms with E-state index in [9.17, 15) is 9.59 Å². The van der Waals surface area contributed by atoms with Crippen molar-refractivity contribution >= 4 is 33.3 Å². The fourth-order valence-electron chi connectivity index (χ4n) is 0.940. The van der Waals surface area contributed by atoms with Crippen LogP contribution in [0, 0.1) is 5.92 Å². The Kier molecular flexibility index (Phi) is 2.39. The Balaban J connectivity index is 2.75. The average Bonchev–Trinajstić information content (AvgIpc) is 2.17. The van der Waals surface area contributed by atoms with Crippen molar-refractivity contribution in [3.8, 4) is 0 Å². The van der Waals surface area contributed by atoms with Crippen molar-refractivity contribution in [2.24, 2.45) is 5.92 Å². The maximum atomic E-state index is 11.3. The Morgan fingerprint density at radius 3 is 2.27 bits per heavy atom. The van der Waals surface area contributed by atoms with Gasteiger partial charge in [0.2, 0.25) is 5.91 Å². The van der Waals surface area contributed by atoms with E-state index < -0.39 is 0 Å². The standard InChI is InChI=1S/C6H11NO2SSi/c1-3(2)4-5(8)7(11)6(9)10-4/h3-4H,1-2,11H3. The van der Waals surface area contributed by atoms with Gasteiger partial charge in [0, 0.05) is 0 Å². The number of nitrogens with zero attached hydrogens (tertiary/aromatic N) is 1. The van der Waals surface area contributed by atoms with Crippen molar-refractivity contribution in [3.63, 3.8) is 0 Å². The zero-order valence-electron chi connectivity index (χ0n) is 6.83. The van der Waals surface area contributed by atoms with Crippen LogP contribution in [0.15, 0.2) is 0 Å².